The first-order valence-corrected chi connectivity index (χ1v) is 8.55. The van der Waals surface area contributed by atoms with Crippen molar-refractivity contribution in [3.63, 3.8) is 0 Å². The molecule has 5 nitrogen and oxygen atoms in total. The fourth-order valence-electron chi connectivity index (χ4n) is 3.07. The number of rotatable bonds is 3. The van der Waals surface area contributed by atoms with E-state index in [2.05, 4.69) is 5.32 Å². The van der Waals surface area contributed by atoms with Crippen molar-refractivity contribution in [1.82, 2.24) is 0 Å². The van der Waals surface area contributed by atoms with Gasteiger partial charge in [-0.25, -0.2) is 0 Å². The van der Waals surface area contributed by atoms with Crippen LogP contribution in [0, 0.1) is 0 Å². The Labute approximate surface area is 155 Å². The summed E-state index contributed by atoms with van der Waals surface area (Å²) in [6.07, 6.45) is 2.20. The monoisotopic (exact) mass is 366 g/mol. The number of carbonyl (C=O) groups is 2. The van der Waals surface area contributed by atoms with E-state index in [0.717, 1.165) is 17.7 Å². The van der Waals surface area contributed by atoms with Gasteiger partial charge in [-0.3, -0.25) is 9.59 Å². The highest BCUT2D eigenvalue weighted by Gasteiger charge is 2.27. The summed E-state index contributed by atoms with van der Waals surface area (Å²) in [6, 6.07) is 15.7. The Hall–Kier alpha value is -3.05. The number of halogens is 1. The Kier molecular flexibility index (Phi) is 4.22. The van der Waals surface area contributed by atoms with Crippen LogP contribution in [-0.4, -0.2) is 18.4 Å². The van der Waals surface area contributed by atoms with Crippen molar-refractivity contribution in [2.75, 3.05) is 16.8 Å². The quantitative estimate of drug-likeness (QED) is 0.747. The second-order valence-electron chi connectivity index (χ2n) is 5.96. The molecule has 1 aromatic heterocycles. The summed E-state index contributed by atoms with van der Waals surface area (Å²) in [6.45, 7) is 0.580. The Morgan fingerprint density at radius 2 is 1.92 bits per heavy atom. The van der Waals surface area contributed by atoms with E-state index in [4.69, 9.17) is 16.0 Å². The highest BCUT2D eigenvalue weighted by Crippen LogP contribution is 2.32. The van der Waals surface area contributed by atoms with Gasteiger partial charge in [0.2, 0.25) is 0 Å². The van der Waals surface area contributed by atoms with Gasteiger partial charge in [-0.1, -0.05) is 23.7 Å². The number of benzene rings is 2. The zero-order chi connectivity index (χ0) is 18.1. The Morgan fingerprint density at radius 1 is 1.08 bits per heavy atom. The van der Waals surface area contributed by atoms with E-state index in [-0.39, 0.29) is 11.8 Å². The van der Waals surface area contributed by atoms with Crippen LogP contribution in [0.2, 0.25) is 5.02 Å². The van der Waals surface area contributed by atoms with Gasteiger partial charge in [-0.15, -0.1) is 0 Å². The summed E-state index contributed by atoms with van der Waals surface area (Å²) in [4.78, 5) is 26.6. The van der Waals surface area contributed by atoms with Crippen molar-refractivity contribution in [3.8, 4) is 0 Å². The number of fused-ring (bicyclic) bond motifs is 1. The predicted molar refractivity (Wildman–Crippen MR) is 99.9 cm³/mol. The Balaban J connectivity index is 1.54. The highest BCUT2D eigenvalue weighted by molar-refractivity contribution is 6.34. The van der Waals surface area contributed by atoms with Gasteiger partial charge in [-0.2, -0.15) is 0 Å². The Morgan fingerprint density at radius 3 is 2.69 bits per heavy atom. The molecule has 0 fully saturated rings. The first-order valence-electron chi connectivity index (χ1n) is 8.17. The van der Waals surface area contributed by atoms with Crippen LogP contribution in [0.4, 0.5) is 11.4 Å². The molecule has 0 spiro atoms. The summed E-state index contributed by atoms with van der Waals surface area (Å²) >= 11 is 6.07. The fraction of sp³-hybridized carbons (Fsp3) is 0.100. The van der Waals surface area contributed by atoms with Crippen LogP contribution >= 0.6 is 11.6 Å². The third-order valence-electron chi connectivity index (χ3n) is 4.33. The van der Waals surface area contributed by atoms with Gasteiger partial charge < -0.3 is 14.6 Å². The van der Waals surface area contributed by atoms with E-state index in [9.17, 15) is 9.59 Å². The van der Waals surface area contributed by atoms with Crippen molar-refractivity contribution in [1.29, 1.82) is 0 Å². The molecule has 6 heteroatoms. The van der Waals surface area contributed by atoms with E-state index in [1.54, 1.807) is 47.4 Å². The third-order valence-corrected chi connectivity index (χ3v) is 4.66. The molecule has 26 heavy (non-hydrogen) atoms. The number of hydrogen-bond donors (Lipinski definition) is 1. The summed E-state index contributed by atoms with van der Waals surface area (Å²) in [7, 11) is 0. The largest absolute Gasteiger partial charge is 0.459 e. The molecule has 2 amide bonds. The lowest BCUT2D eigenvalue weighted by Crippen LogP contribution is -2.28. The molecule has 2 heterocycles. The summed E-state index contributed by atoms with van der Waals surface area (Å²) in [5, 5.41) is 3.26. The molecule has 4 rings (SSSR count). The summed E-state index contributed by atoms with van der Waals surface area (Å²) in [5.74, 6) is -0.118. The maximum absolute atomic E-state index is 12.5. The first kappa shape index (κ1) is 16.4. The van der Waals surface area contributed by atoms with Crippen molar-refractivity contribution >= 4 is 34.8 Å². The number of anilines is 2. The minimum atomic E-state index is -0.267. The molecule has 130 valence electrons. The lowest BCUT2D eigenvalue weighted by Gasteiger charge is -2.16. The minimum absolute atomic E-state index is 0.165. The standard InChI is InChI=1S/C20H15ClN2O3/c21-16-5-2-1-4-15(16)19(24)22-14-7-8-17-13(12-14)9-10-23(17)20(25)18-6-3-11-26-18/h1-8,11-12H,9-10H2,(H,22,24). The fourth-order valence-corrected chi connectivity index (χ4v) is 3.29. The van der Waals surface area contributed by atoms with Crippen LogP contribution in [-0.2, 0) is 6.42 Å². The molecule has 0 bridgehead atoms. The van der Waals surface area contributed by atoms with Crippen molar-refractivity contribution < 1.29 is 14.0 Å². The van der Waals surface area contributed by atoms with E-state index in [0.29, 0.717) is 28.6 Å². The van der Waals surface area contributed by atoms with Crippen LogP contribution in [0.5, 0.6) is 0 Å². The lowest BCUT2D eigenvalue weighted by molar-refractivity contribution is 0.0962. The molecule has 0 radical (unpaired) electrons. The predicted octanol–water partition coefficient (Wildman–Crippen LogP) is 4.39. The molecule has 0 saturated heterocycles. The topological polar surface area (TPSA) is 62.6 Å². The maximum Gasteiger partial charge on any atom is 0.293 e. The van der Waals surface area contributed by atoms with Crippen LogP contribution in [0.1, 0.15) is 26.5 Å². The second kappa shape index (κ2) is 6.69. The molecule has 2 aromatic carbocycles. The lowest BCUT2D eigenvalue weighted by atomic mass is 10.1. The Bertz CT molecular complexity index is 982. The molecule has 0 saturated carbocycles. The number of carbonyl (C=O) groups excluding carboxylic acids is 2. The first-order chi connectivity index (χ1) is 12.6. The number of amides is 2. The van der Waals surface area contributed by atoms with E-state index < -0.39 is 0 Å². The summed E-state index contributed by atoms with van der Waals surface area (Å²) in [5.41, 5.74) is 2.93. The molecule has 1 aliphatic heterocycles. The zero-order valence-corrected chi connectivity index (χ0v) is 14.5. The molecule has 0 aliphatic carbocycles. The normalized spacial score (nSPS) is 12.7. The average Bonchev–Trinajstić information content (AvgIpc) is 3.31. The molecular weight excluding hydrogens is 352 g/mol. The molecule has 1 aliphatic rings. The molecule has 1 N–H and O–H groups in total. The molecule has 3 aromatic rings. The number of nitrogens with zero attached hydrogens (tertiary/aromatic N) is 1. The van der Waals surface area contributed by atoms with Gasteiger partial charge >= 0.3 is 0 Å². The number of nitrogens with one attached hydrogen (secondary N) is 1. The molecule has 0 atom stereocenters. The zero-order valence-electron chi connectivity index (χ0n) is 13.7. The third kappa shape index (κ3) is 2.97. The summed E-state index contributed by atoms with van der Waals surface area (Å²) < 4.78 is 5.20. The van der Waals surface area contributed by atoms with E-state index in [1.807, 2.05) is 12.1 Å². The van der Waals surface area contributed by atoms with Crippen LogP contribution < -0.4 is 10.2 Å². The molecular formula is C20H15ClN2O3. The van der Waals surface area contributed by atoms with Crippen molar-refractivity contribution in [2.24, 2.45) is 0 Å². The SMILES string of the molecule is O=C(Nc1ccc2c(c1)CCN2C(=O)c1ccco1)c1ccccc1Cl. The van der Waals surface area contributed by atoms with Gasteiger partial charge in [0.1, 0.15) is 0 Å². The van der Waals surface area contributed by atoms with Gasteiger partial charge in [0.05, 0.1) is 16.8 Å². The van der Waals surface area contributed by atoms with Gasteiger partial charge in [-0.05, 0) is 54.4 Å². The maximum atomic E-state index is 12.5. The smallest absolute Gasteiger partial charge is 0.293 e. The second-order valence-corrected chi connectivity index (χ2v) is 6.37. The van der Waals surface area contributed by atoms with Gasteiger partial charge in [0.15, 0.2) is 5.76 Å². The van der Waals surface area contributed by atoms with Gasteiger partial charge in [0, 0.05) is 17.9 Å². The van der Waals surface area contributed by atoms with Crippen molar-refractivity contribution in [2.45, 2.75) is 6.42 Å². The highest BCUT2D eigenvalue weighted by atomic mass is 35.5. The average molecular weight is 367 g/mol. The van der Waals surface area contributed by atoms with E-state index >= 15 is 0 Å². The molecule has 0 unspecified atom stereocenters. The van der Waals surface area contributed by atoms with E-state index in [1.165, 1.54) is 6.26 Å². The van der Waals surface area contributed by atoms with Crippen molar-refractivity contribution in [3.05, 3.63) is 82.8 Å². The van der Waals surface area contributed by atoms with Crippen LogP contribution in [0.25, 0.3) is 0 Å². The van der Waals surface area contributed by atoms with Crippen LogP contribution in [0.3, 0.4) is 0 Å². The van der Waals surface area contributed by atoms with Gasteiger partial charge in [0.25, 0.3) is 11.8 Å². The minimum Gasteiger partial charge on any atom is -0.459 e. The number of hydrogen-bond acceptors (Lipinski definition) is 3. The van der Waals surface area contributed by atoms with Crippen LogP contribution in [0.15, 0.2) is 65.3 Å². The number of furan rings is 1.